The Hall–Kier alpha value is -0.620. The van der Waals surface area contributed by atoms with Gasteiger partial charge in [0.25, 0.3) is 0 Å². The SMILES string of the molecule is CC(CNC1CC1)S(=O)(=O)NCc1cccc(Cl)c1. The Balaban J connectivity index is 1.85. The number of rotatable bonds is 7. The molecule has 1 aromatic rings. The molecule has 1 atom stereocenters. The van der Waals surface area contributed by atoms with Crippen molar-refractivity contribution in [2.75, 3.05) is 6.54 Å². The summed E-state index contributed by atoms with van der Waals surface area (Å²) in [5.74, 6) is 0. The number of halogens is 1. The Kier molecular flexibility index (Phi) is 4.84. The fourth-order valence-electron chi connectivity index (χ4n) is 1.70. The summed E-state index contributed by atoms with van der Waals surface area (Å²) in [4.78, 5) is 0. The highest BCUT2D eigenvalue weighted by Gasteiger charge is 2.25. The van der Waals surface area contributed by atoms with E-state index in [0.717, 1.165) is 18.4 Å². The van der Waals surface area contributed by atoms with E-state index < -0.39 is 15.3 Å². The molecule has 0 amide bonds. The summed E-state index contributed by atoms with van der Waals surface area (Å²) in [6, 6.07) is 7.70. The van der Waals surface area contributed by atoms with E-state index in [1.807, 2.05) is 12.1 Å². The van der Waals surface area contributed by atoms with Gasteiger partial charge in [0.15, 0.2) is 0 Å². The topological polar surface area (TPSA) is 58.2 Å². The predicted octanol–water partition coefficient (Wildman–Crippen LogP) is 1.90. The molecule has 0 saturated heterocycles. The van der Waals surface area contributed by atoms with Crippen molar-refractivity contribution in [2.24, 2.45) is 0 Å². The van der Waals surface area contributed by atoms with Crippen LogP contribution in [0.2, 0.25) is 5.02 Å². The van der Waals surface area contributed by atoms with Crippen LogP contribution in [0.1, 0.15) is 25.3 Å². The van der Waals surface area contributed by atoms with Crippen molar-refractivity contribution in [1.82, 2.24) is 10.0 Å². The highest BCUT2D eigenvalue weighted by molar-refractivity contribution is 7.90. The quantitative estimate of drug-likeness (QED) is 0.809. The fraction of sp³-hybridized carbons (Fsp3) is 0.538. The average molecular weight is 303 g/mol. The molecule has 1 aromatic carbocycles. The third-order valence-corrected chi connectivity index (χ3v) is 5.18. The largest absolute Gasteiger partial charge is 0.313 e. The highest BCUT2D eigenvalue weighted by Crippen LogP contribution is 2.18. The molecule has 0 aromatic heterocycles. The third-order valence-electron chi connectivity index (χ3n) is 3.17. The lowest BCUT2D eigenvalue weighted by Crippen LogP contribution is -2.39. The van der Waals surface area contributed by atoms with E-state index in [-0.39, 0.29) is 6.54 Å². The lowest BCUT2D eigenvalue weighted by molar-refractivity contribution is 0.557. The summed E-state index contributed by atoms with van der Waals surface area (Å²) in [6.07, 6.45) is 2.31. The second-order valence-corrected chi connectivity index (χ2v) is 7.61. The first kappa shape index (κ1) is 14.8. The maximum Gasteiger partial charge on any atom is 0.215 e. The van der Waals surface area contributed by atoms with Crippen LogP contribution < -0.4 is 10.0 Å². The molecule has 1 unspecified atom stereocenters. The van der Waals surface area contributed by atoms with E-state index >= 15 is 0 Å². The molecule has 0 bridgehead atoms. The lowest BCUT2D eigenvalue weighted by atomic mass is 10.2. The maximum absolute atomic E-state index is 12.0. The standard InChI is InChI=1S/C13H19ClN2O2S/c1-10(8-15-13-5-6-13)19(17,18)16-9-11-3-2-4-12(14)7-11/h2-4,7,10,13,15-16H,5-6,8-9H2,1H3. The van der Waals surface area contributed by atoms with Gasteiger partial charge in [-0.15, -0.1) is 0 Å². The molecule has 2 N–H and O–H groups in total. The fourth-order valence-corrected chi connectivity index (χ4v) is 2.88. The minimum Gasteiger partial charge on any atom is -0.313 e. The van der Waals surface area contributed by atoms with Gasteiger partial charge in [-0.3, -0.25) is 0 Å². The second kappa shape index (κ2) is 6.22. The van der Waals surface area contributed by atoms with E-state index in [0.29, 0.717) is 17.6 Å². The molecule has 0 radical (unpaired) electrons. The summed E-state index contributed by atoms with van der Waals surface area (Å²) < 4.78 is 26.7. The van der Waals surface area contributed by atoms with Crippen LogP contribution in [-0.2, 0) is 16.6 Å². The van der Waals surface area contributed by atoms with Gasteiger partial charge in [-0.2, -0.15) is 0 Å². The molecular formula is C13H19ClN2O2S. The average Bonchev–Trinajstić information content (AvgIpc) is 3.18. The van der Waals surface area contributed by atoms with Gasteiger partial charge in [0.1, 0.15) is 0 Å². The Labute approximate surface area is 119 Å². The van der Waals surface area contributed by atoms with Crippen LogP contribution in [-0.4, -0.2) is 26.3 Å². The van der Waals surface area contributed by atoms with Crippen molar-refractivity contribution >= 4 is 21.6 Å². The van der Waals surface area contributed by atoms with E-state index in [9.17, 15) is 8.42 Å². The van der Waals surface area contributed by atoms with E-state index in [2.05, 4.69) is 10.0 Å². The van der Waals surface area contributed by atoms with Gasteiger partial charge in [0.2, 0.25) is 10.0 Å². The Bertz CT molecular complexity index is 529. The van der Waals surface area contributed by atoms with Gasteiger partial charge in [0.05, 0.1) is 5.25 Å². The predicted molar refractivity (Wildman–Crippen MR) is 77.7 cm³/mol. The van der Waals surface area contributed by atoms with Crippen molar-refractivity contribution in [1.29, 1.82) is 0 Å². The number of hydrogen-bond acceptors (Lipinski definition) is 3. The number of benzene rings is 1. The van der Waals surface area contributed by atoms with Crippen LogP contribution in [0.3, 0.4) is 0 Å². The Morgan fingerprint density at radius 1 is 1.42 bits per heavy atom. The molecular weight excluding hydrogens is 284 g/mol. The summed E-state index contributed by atoms with van der Waals surface area (Å²) in [5, 5.41) is 3.40. The Morgan fingerprint density at radius 3 is 2.79 bits per heavy atom. The van der Waals surface area contributed by atoms with Gasteiger partial charge >= 0.3 is 0 Å². The minimum absolute atomic E-state index is 0.274. The van der Waals surface area contributed by atoms with Gasteiger partial charge < -0.3 is 5.32 Å². The molecule has 0 spiro atoms. The van der Waals surface area contributed by atoms with E-state index in [1.54, 1.807) is 19.1 Å². The third kappa shape index (κ3) is 4.76. The summed E-state index contributed by atoms with van der Waals surface area (Å²) in [7, 11) is -3.29. The summed E-state index contributed by atoms with van der Waals surface area (Å²) in [5.41, 5.74) is 0.860. The smallest absolute Gasteiger partial charge is 0.215 e. The number of sulfonamides is 1. The maximum atomic E-state index is 12.0. The first-order chi connectivity index (χ1) is 8.97. The van der Waals surface area contributed by atoms with Crippen LogP contribution in [0.25, 0.3) is 0 Å². The molecule has 0 aliphatic heterocycles. The number of nitrogens with one attached hydrogen (secondary N) is 2. The molecule has 1 aliphatic carbocycles. The van der Waals surface area contributed by atoms with Gasteiger partial charge in [-0.1, -0.05) is 23.7 Å². The molecule has 106 valence electrons. The van der Waals surface area contributed by atoms with Gasteiger partial charge in [-0.25, -0.2) is 13.1 Å². The zero-order valence-corrected chi connectivity index (χ0v) is 12.5. The molecule has 0 heterocycles. The van der Waals surface area contributed by atoms with Crippen molar-refractivity contribution in [3.05, 3.63) is 34.9 Å². The number of hydrogen-bond donors (Lipinski definition) is 2. The van der Waals surface area contributed by atoms with Gasteiger partial charge in [-0.05, 0) is 37.5 Å². The summed E-state index contributed by atoms with van der Waals surface area (Å²) >= 11 is 5.86. The molecule has 1 saturated carbocycles. The van der Waals surface area contributed by atoms with Gasteiger partial charge in [0, 0.05) is 24.2 Å². The van der Waals surface area contributed by atoms with Crippen LogP contribution in [0.5, 0.6) is 0 Å². The first-order valence-corrected chi connectivity index (χ1v) is 8.36. The minimum atomic E-state index is -3.29. The molecule has 19 heavy (non-hydrogen) atoms. The first-order valence-electron chi connectivity index (χ1n) is 6.43. The van der Waals surface area contributed by atoms with Crippen molar-refractivity contribution < 1.29 is 8.42 Å². The summed E-state index contributed by atoms with van der Waals surface area (Å²) in [6.45, 7) is 2.49. The van der Waals surface area contributed by atoms with Crippen LogP contribution in [0, 0.1) is 0 Å². The molecule has 2 rings (SSSR count). The Morgan fingerprint density at radius 2 is 2.16 bits per heavy atom. The van der Waals surface area contributed by atoms with Crippen molar-refractivity contribution in [3.8, 4) is 0 Å². The molecule has 1 aliphatic rings. The van der Waals surface area contributed by atoms with E-state index in [1.165, 1.54) is 0 Å². The molecule has 4 nitrogen and oxygen atoms in total. The lowest BCUT2D eigenvalue weighted by Gasteiger charge is -2.14. The normalized spacial score (nSPS) is 17.4. The van der Waals surface area contributed by atoms with Crippen LogP contribution >= 0.6 is 11.6 Å². The van der Waals surface area contributed by atoms with Crippen LogP contribution in [0.15, 0.2) is 24.3 Å². The highest BCUT2D eigenvalue weighted by atomic mass is 35.5. The zero-order chi connectivity index (χ0) is 13.9. The molecule has 6 heteroatoms. The second-order valence-electron chi connectivity index (χ2n) is 4.99. The molecule has 1 fully saturated rings. The van der Waals surface area contributed by atoms with Crippen molar-refractivity contribution in [3.63, 3.8) is 0 Å². The van der Waals surface area contributed by atoms with E-state index in [4.69, 9.17) is 11.6 Å². The zero-order valence-electron chi connectivity index (χ0n) is 10.9. The van der Waals surface area contributed by atoms with Crippen LogP contribution in [0.4, 0.5) is 0 Å². The van der Waals surface area contributed by atoms with Crippen molar-refractivity contribution in [2.45, 2.75) is 37.6 Å². The monoisotopic (exact) mass is 302 g/mol.